The van der Waals surface area contributed by atoms with Crippen molar-refractivity contribution in [2.45, 2.75) is 63.7 Å². The molecule has 0 amide bonds. The lowest BCUT2D eigenvalue weighted by atomic mass is 9.97. The highest BCUT2D eigenvalue weighted by Crippen LogP contribution is 2.46. The van der Waals surface area contributed by atoms with Crippen molar-refractivity contribution in [3.05, 3.63) is 75.6 Å². The summed E-state index contributed by atoms with van der Waals surface area (Å²) in [5.41, 5.74) is -4.40. The summed E-state index contributed by atoms with van der Waals surface area (Å²) in [6, 6.07) is 13.7. The number of hydrogen-bond donors (Lipinski definition) is 5. The number of H-pyrrole nitrogens is 1. The van der Waals surface area contributed by atoms with Crippen LogP contribution in [0.25, 0.3) is 10.8 Å². The normalized spacial score (nSPS) is 24.2. The van der Waals surface area contributed by atoms with Gasteiger partial charge in [0.25, 0.3) is 11.4 Å². The molecule has 5 N–H and O–H groups in total. The van der Waals surface area contributed by atoms with Crippen LogP contribution in [0.3, 0.4) is 0 Å². The van der Waals surface area contributed by atoms with Gasteiger partial charge in [-0.1, -0.05) is 36.4 Å². The zero-order chi connectivity index (χ0) is 31.0. The number of esters is 1. The second-order valence-electron chi connectivity index (χ2n) is 9.41. The fraction of sp³-hybridized carbons (Fsp3) is 0.423. The van der Waals surface area contributed by atoms with E-state index in [0.29, 0.717) is 10.3 Å². The van der Waals surface area contributed by atoms with Gasteiger partial charge < -0.3 is 24.8 Å². The van der Waals surface area contributed by atoms with Crippen LogP contribution in [0.5, 0.6) is 5.75 Å². The molecule has 0 aliphatic carbocycles. The molecule has 224 valence electrons. The Bertz CT molecular complexity index is 1440. The minimum atomic E-state index is -3.02. The number of hydrogen-bond acceptors (Lipinski definition) is 9. The van der Waals surface area contributed by atoms with Crippen LogP contribution in [0.1, 0.15) is 33.9 Å². The van der Waals surface area contributed by atoms with Crippen molar-refractivity contribution in [3.63, 3.8) is 0 Å². The van der Waals surface area contributed by atoms with Gasteiger partial charge in [0.05, 0.1) is 6.10 Å². The Labute approximate surface area is 234 Å². The number of alkyl halides is 2. The molecule has 1 saturated heterocycles. The second-order valence-corrected chi connectivity index (χ2v) is 9.85. The van der Waals surface area contributed by atoms with Gasteiger partial charge in [-0.3, -0.25) is 23.7 Å². The standard InChI is InChI=1S/C10H12F2N2O5.C10H8O.C6H12NO3P/c1-9(11)6(17)10(12,4-15)19-7(9)14-3-2-5(16)13-8(14)18;11-10-7-3-5-8-4-1-2-6-9(8)10;1-4(2)10-6(8)5(3)7-11-9/h2-3,6-7,15,17H,4H2,1H3,(H,13,16,18);1-7,11H;4-5H,1-3H3,(H,7,9)/t6-,7+,9+,10+;;5-/m0.0/s1. The average molecular weight is 600 g/mol. The Morgan fingerprint density at radius 2 is 1.80 bits per heavy atom. The summed E-state index contributed by atoms with van der Waals surface area (Å²) in [4.78, 5) is 35.2. The number of fused-ring (bicyclic) bond motifs is 1. The topological polar surface area (TPSA) is 180 Å². The third-order valence-corrected chi connectivity index (χ3v) is 6.26. The van der Waals surface area contributed by atoms with Crippen LogP contribution in [0.2, 0.25) is 0 Å². The SMILES string of the molecule is CC(C)OC(=O)[C@H](C)NP=O.C[C@]1(F)[C@H](n2ccc(=O)[nH]c2=O)O[C@](F)(CO)[C@H]1O.Oc1cccc2ccccc12. The number of ether oxygens (including phenoxy) is 2. The molecule has 1 aliphatic heterocycles. The van der Waals surface area contributed by atoms with E-state index in [9.17, 15) is 37.9 Å². The van der Waals surface area contributed by atoms with Crippen LogP contribution >= 0.6 is 8.61 Å². The molecule has 0 radical (unpaired) electrons. The highest BCUT2D eigenvalue weighted by Gasteiger charge is 2.64. The molecular weight excluding hydrogens is 567 g/mol. The molecule has 0 unspecified atom stereocenters. The fourth-order valence-corrected chi connectivity index (χ4v) is 3.92. The monoisotopic (exact) mass is 599 g/mol. The van der Waals surface area contributed by atoms with Crippen molar-refractivity contribution >= 4 is 25.4 Å². The largest absolute Gasteiger partial charge is 0.507 e. The summed E-state index contributed by atoms with van der Waals surface area (Å²) in [6.45, 7) is 4.67. The highest BCUT2D eigenvalue weighted by atomic mass is 31.1. The number of aliphatic hydroxyl groups is 2. The molecule has 41 heavy (non-hydrogen) atoms. The summed E-state index contributed by atoms with van der Waals surface area (Å²) >= 11 is 0. The lowest BCUT2D eigenvalue weighted by Gasteiger charge is -2.24. The van der Waals surface area contributed by atoms with Crippen molar-refractivity contribution in [1.82, 2.24) is 14.6 Å². The molecule has 1 fully saturated rings. The average Bonchev–Trinajstić information content (AvgIpc) is 3.10. The van der Waals surface area contributed by atoms with Crippen molar-refractivity contribution in [3.8, 4) is 5.75 Å². The second kappa shape index (κ2) is 14.4. The number of aromatic amines is 1. The van der Waals surface area contributed by atoms with Gasteiger partial charge in [-0.25, -0.2) is 18.7 Å². The Morgan fingerprint density at radius 1 is 1.17 bits per heavy atom. The first-order valence-corrected chi connectivity index (χ1v) is 13.1. The number of halogens is 2. The van der Waals surface area contributed by atoms with Gasteiger partial charge >= 0.3 is 11.7 Å². The van der Waals surface area contributed by atoms with Crippen LogP contribution < -0.4 is 16.3 Å². The van der Waals surface area contributed by atoms with Crippen molar-refractivity contribution in [2.75, 3.05) is 6.61 Å². The highest BCUT2D eigenvalue weighted by molar-refractivity contribution is 7.21. The first-order chi connectivity index (χ1) is 19.2. The Hall–Kier alpha value is -3.55. The molecule has 12 nitrogen and oxygen atoms in total. The molecule has 3 aromatic rings. The number of aromatic hydroxyl groups is 1. The lowest BCUT2D eigenvalue weighted by Crippen LogP contribution is -2.47. The van der Waals surface area contributed by atoms with Crippen LogP contribution in [-0.4, -0.2) is 67.2 Å². The number of nitrogens with zero attached hydrogens (tertiary/aromatic N) is 1. The van der Waals surface area contributed by atoms with Crippen LogP contribution in [0.15, 0.2) is 64.3 Å². The van der Waals surface area contributed by atoms with Crippen LogP contribution in [0, 0.1) is 0 Å². The van der Waals surface area contributed by atoms with Crippen molar-refractivity contribution in [1.29, 1.82) is 0 Å². The van der Waals surface area contributed by atoms with E-state index in [0.717, 1.165) is 30.0 Å². The third kappa shape index (κ3) is 8.47. The molecule has 4 rings (SSSR count). The zero-order valence-corrected chi connectivity index (χ0v) is 23.5. The van der Waals surface area contributed by atoms with Crippen LogP contribution in [0.4, 0.5) is 8.78 Å². The number of nitrogens with one attached hydrogen (secondary N) is 2. The van der Waals surface area contributed by atoms with Crippen LogP contribution in [-0.2, 0) is 18.8 Å². The predicted octanol–water partition coefficient (Wildman–Crippen LogP) is 2.48. The van der Waals surface area contributed by atoms with Gasteiger partial charge in [0, 0.05) is 17.6 Å². The summed E-state index contributed by atoms with van der Waals surface area (Å²) in [7, 11) is -0.255. The first-order valence-electron chi connectivity index (χ1n) is 12.3. The van der Waals surface area contributed by atoms with E-state index in [4.69, 9.17) is 9.84 Å². The molecule has 15 heteroatoms. The van der Waals surface area contributed by atoms with Crippen molar-refractivity contribution in [2.24, 2.45) is 0 Å². The number of carbonyl (C=O) groups is 1. The smallest absolute Gasteiger partial charge is 0.330 e. The number of rotatable bonds is 6. The maximum atomic E-state index is 14.3. The van der Waals surface area contributed by atoms with E-state index >= 15 is 0 Å². The molecule has 2 aromatic carbocycles. The van der Waals surface area contributed by atoms with Gasteiger partial charge in [-0.15, -0.1) is 0 Å². The van der Waals surface area contributed by atoms with Gasteiger partial charge in [-0.2, -0.15) is 0 Å². The maximum absolute atomic E-state index is 14.3. The number of aliphatic hydroxyl groups excluding tert-OH is 2. The first kappa shape index (κ1) is 33.7. The maximum Gasteiger partial charge on any atom is 0.330 e. The quantitative estimate of drug-likeness (QED) is 0.209. The summed E-state index contributed by atoms with van der Waals surface area (Å²) < 4.78 is 48.3. The van der Waals surface area contributed by atoms with Gasteiger partial charge in [-0.05, 0) is 39.1 Å². The Balaban J connectivity index is 0.000000230. The molecule has 0 spiro atoms. The molecule has 0 saturated carbocycles. The molecule has 2 heterocycles. The zero-order valence-electron chi connectivity index (χ0n) is 22.7. The van der Waals surface area contributed by atoms with Gasteiger partial charge in [0.15, 0.2) is 18.0 Å². The number of benzene rings is 2. The van der Waals surface area contributed by atoms with E-state index in [2.05, 4.69) is 9.82 Å². The van der Waals surface area contributed by atoms with E-state index in [-0.39, 0.29) is 20.7 Å². The minimum Gasteiger partial charge on any atom is -0.507 e. The summed E-state index contributed by atoms with van der Waals surface area (Å²) in [6.07, 6.45) is -3.31. The molecule has 1 aliphatic rings. The number of carbonyl (C=O) groups excluding carboxylic acids is 1. The number of aromatic nitrogens is 2. The van der Waals surface area contributed by atoms with Gasteiger partial charge in [0.1, 0.15) is 18.4 Å². The summed E-state index contributed by atoms with van der Waals surface area (Å²) in [5, 5.41) is 32.1. The molecule has 1 aromatic heterocycles. The van der Waals surface area contributed by atoms with E-state index < -0.39 is 47.8 Å². The third-order valence-electron chi connectivity index (χ3n) is 5.77. The lowest BCUT2D eigenvalue weighted by molar-refractivity contribution is -0.207. The number of phenols is 1. The number of phenolic OH excluding ortho intramolecular Hbond substituents is 1. The van der Waals surface area contributed by atoms with E-state index in [1.54, 1.807) is 26.8 Å². The molecule has 5 atom stereocenters. The van der Waals surface area contributed by atoms with E-state index in [1.165, 1.54) is 0 Å². The Morgan fingerprint density at radius 3 is 2.34 bits per heavy atom. The molecule has 0 bridgehead atoms. The summed E-state index contributed by atoms with van der Waals surface area (Å²) in [5.74, 6) is -3.06. The molecular formula is C26H32F2N3O9P. The predicted molar refractivity (Wildman–Crippen MR) is 145 cm³/mol. The Kier molecular flexibility index (Phi) is 11.8. The van der Waals surface area contributed by atoms with Crippen molar-refractivity contribution < 1.29 is 42.9 Å². The minimum absolute atomic E-state index is 0.130. The van der Waals surface area contributed by atoms with E-state index in [1.807, 2.05) is 41.4 Å². The van der Waals surface area contributed by atoms with Gasteiger partial charge in [0.2, 0.25) is 8.61 Å². The fourth-order valence-electron chi connectivity index (χ4n) is 3.66.